The van der Waals surface area contributed by atoms with Crippen LogP contribution in [0.25, 0.3) is 0 Å². The van der Waals surface area contributed by atoms with Gasteiger partial charge < -0.3 is 5.11 Å². The van der Waals surface area contributed by atoms with Gasteiger partial charge in [-0.2, -0.15) is 0 Å². The average molecular weight is 411 g/mol. The molecule has 0 bridgehead atoms. The quantitative estimate of drug-likeness (QED) is 0.393. The normalized spacial score (nSPS) is 44.9. The van der Waals surface area contributed by atoms with Gasteiger partial charge in [0.15, 0.2) is 0 Å². The second kappa shape index (κ2) is 9.29. The second-order valence-electron chi connectivity index (χ2n) is 12.2. The van der Waals surface area contributed by atoms with Crippen LogP contribution in [0.5, 0.6) is 0 Å². The van der Waals surface area contributed by atoms with Crippen LogP contribution in [0.4, 0.5) is 0 Å². The van der Waals surface area contributed by atoms with Gasteiger partial charge in [0.2, 0.25) is 0 Å². The standard InChI is InChI=1S/C27H46O.Na.H/c1-18(2)7-6-8-19(3)23-11-12-24-22-10-9-20-17-21(28)13-15-26(20,4)25(22)14-16-27(23,24)5;;/h9,18-19,21-25,28H,6-8,10-17H2,1-5H3;;/t19?,21-,22-,23+,24-,25-,26-,27+;;/m0../s1. The fourth-order valence-corrected chi connectivity index (χ4v) is 8.67. The van der Waals surface area contributed by atoms with Gasteiger partial charge in [-0.25, -0.2) is 0 Å². The summed E-state index contributed by atoms with van der Waals surface area (Å²) in [6.45, 7) is 12.6. The van der Waals surface area contributed by atoms with Gasteiger partial charge in [-0.05, 0) is 97.7 Å². The van der Waals surface area contributed by atoms with E-state index in [4.69, 9.17) is 0 Å². The molecule has 3 fully saturated rings. The number of aliphatic hydroxyl groups is 1. The molecule has 4 rings (SSSR count). The molecule has 0 heterocycles. The summed E-state index contributed by atoms with van der Waals surface area (Å²) < 4.78 is 0. The first-order chi connectivity index (χ1) is 13.3. The number of aliphatic hydroxyl groups excluding tert-OH is 1. The minimum atomic E-state index is -0.0766. The number of hydrogen-bond acceptors (Lipinski definition) is 1. The topological polar surface area (TPSA) is 20.2 Å². The molecule has 4 aliphatic carbocycles. The van der Waals surface area contributed by atoms with E-state index >= 15 is 0 Å². The van der Waals surface area contributed by atoms with Gasteiger partial charge in [0.25, 0.3) is 0 Å². The Morgan fingerprint density at radius 3 is 2.48 bits per heavy atom. The Kier molecular flexibility index (Phi) is 7.79. The third-order valence-corrected chi connectivity index (χ3v) is 10.3. The molecule has 1 unspecified atom stereocenters. The van der Waals surface area contributed by atoms with E-state index in [-0.39, 0.29) is 35.7 Å². The molecule has 0 aromatic carbocycles. The predicted molar refractivity (Wildman–Crippen MR) is 126 cm³/mol. The summed E-state index contributed by atoms with van der Waals surface area (Å²) in [5.74, 6) is 5.46. The van der Waals surface area contributed by atoms with Crippen molar-refractivity contribution >= 4 is 29.6 Å². The molecule has 8 atom stereocenters. The number of hydrogen-bond donors (Lipinski definition) is 1. The zero-order valence-corrected chi connectivity index (χ0v) is 19.3. The van der Waals surface area contributed by atoms with Gasteiger partial charge in [-0.15, -0.1) is 0 Å². The Morgan fingerprint density at radius 1 is 1.00 bits per heavy atom. The van der Waals surface area contributed by atoms with Crippen LogP contribution in [0.1, 0.15) is 105 Å². The van der Waals surface area contributed by atoms with Crippen LogP contribution < -0.4 is 0 Å². The number of rotatable bonds is 5. The first kappa shape index (κ1) is 24.3. The zero-order chi connectivity index (χ0) is 20.1. The van der Waals surface area contributed by atoms with E-state index in [9.17, 15) is 5.11 Å². The molecule has 162 valence electrons. The summed E-state index contributed by atoms with van der Waals surface area (Å²) in [4.78, 5) is 0. The van der Waals surface area contributed by atoms with Crippen LogP contribution in [0.15, 0.2) is 11.6 Å². The van der Waals surface area contributed by atoms with Crippen LogP contribution in [0.3, 0.4) is 0 Å². The minimum absolute atomic E-state index is 0. The Balaban J connectivity index is 0.00000240. The zero-order valence-electron chi connectivity index (χ0n) is 19.3. The summed E-state index contributed by atoms with van der Waals surface area (Å²) >= 11 is 0. The van der Waals surface area contributed by atoms with Gasteiger partial charge >= 0.3 is 29.6 Å². The molecule has 3 saturated carbocycles. The van der Waals surface area contributed by atoms with Gasteiger partial charge in [-0.1, -0.05) is 65.5 Å². The van der Waals surface area contributed by atoms with E-state index in [0.717, 1.165) is 48.3 Å². The number of fused-ring (bicyclic) bond motifs is 5. The Hall–Kier alpha value is 0.700. The molecular weight excluding hydrogens is 363 g/mol. The van der Waals surface area contributed by atoms with E-state index < -0.39 is 0 Å². The van der Waals surface area contributed by atoms with Crippen molar-refractivity contribution < 1.29 is 5.11 Å². The summed E-state index contributed by atoms with van der Waals surface area (Å²) in [5.41, 5.74) is 2.60. The van der Waals surface area contributed by atoms with Gasteiger partial charge in [0.1, 0.15) is 0 Å². The van der Waals surface area contributed by atoms with Crippen molar-refractivity contribution in [2.45, 2.75) is 111 Å². The van der Waals surface area contributed by atoms with E-state index in [1.807, 2.05) is 0 Å². The van der Waals surface area contributed by atoms with Gasteiger partial charge in [-0.3, -0.25) is 0 Å². The van der Waals surface area contributed by atoms with E-state index in [1.165, 1.54) is 57.8 Å². The molecule has 4 aliphatic rings. The van der Waals surface area contributed by atoms with Crippen LogP contribution in [-0.2, 0) is 0 Å². The van der Waals surface area contributed by atoms with E-state index in [0.29, 0.717) is 10.8 Å². The first-order valence-electron chi connectivity index (χ1n) is 12.6. The molecule has 2 heteroatoms. The van der Waals surface area contributed by atoms with Crippen molar-refractivity contribution in [3.8, 4) is 0 Å². The van der Waals surface area contributed by atoms with Crippen LogP contribution in [0.2, 0.25) is 0 Å². The molecule has 0 spiro atoms. The van der Waals surface area contributed by atoms with Crippen molar-refractivity contribution in [3.63, 3.8) is 0 Å². The molecule has 0 aliphatic heterocycles. The Bertz CT molecular complexity index is 597. The van der Waals surface area contributed by atoms with Crippen molar-refractivity contribution in [2.75, 3.05) is 0 Å². The Morgan fingerprint density at radius 2 is 1.76 bits per heavy atom. The third-order valence-electron chi connectivity index (χ3n) is 10.3. The van der Waals surface area contributed by atoms with Crippen LogP contribution >= 0.6 is 0 Å². The molecule has 0 saturated heterocycles. The third kappa shape index (κ3) is 4.34. The Labute approximate surface area is 203 Å². The van der Waals surface area contributed by atoms with Crippen molar-refractivity contribution in [1.82, 2.24) is 0 Å². The first-order valence-corrected chi connectivity index (χ1v) is 12.6. The fourth-order valence-electron chi connectivity index (χ4n) is 8.67. The average Bonchev–Trinajstić information content (AvgIpc) is 2.99. The molecule has 29 heavy (non-hydrogen) atoms. The van der Waals surface area contributed by atoms with E-state index in [2.05, 4.69) is 40.7 Å². The van der Waals surface area contributed by atoms with Gasteiger partial charge in [0.05, 0.1) is 6.10 Å². The van der Waals surface area contributed by atoms with Crippen LogP contribution in [-0.4, -0.2) is 40.8 Å². The molecular formula is C27H47NaO. The summed E-state index contributed by atoms with van der Waals surface area (Å²) in [5, 5.41) is 10.2. The maximum absolute atomic E-state index is 10.2. The fraction of sp³-hybridized carbons (Fsp3) is 0.926. The van der Waals surface area contributed by atoms with Gasteiger partial charge in [0, 0.05) is 0 Å². The van der Waals surface area contributed by atoms with Crippen LogP contribution in [0, 0.1) is 46.3 Å². The second-order valence-corrected chi connectivity index (χ2v) is 12.2. The summed E-state index contributed by atoms with van der Waals surface area (Å²) in [7, 11) is 0. The predicted octanol–water partition coefficient (Wildman–Crippen LogP) is 6.74. The van der Waals surface area contributed by atoms with Crippen molar-refractivity contribution in [3.05, 3.63) is 11.6 Å². The molecule has 1 nitrogen and oxygen atoms in total. The molecule has 0 aromatic heterocycles. The molecule has 0 aromatic rings. The van der Waals surface area contributed by atoms with Crippen molar-refractivity contribution in [1.29, 1.82) is 0 Å². The summed E-state index contributed by atoms with van der Waals surface area (Å²) in [6, 6.07) is 0. The molecule has 1 N–H and O–H groups in total. The summed E-state index contributed by atoms with van der Waals surface area (Å²) in [6.07, 6.45) is 17.2. The maximum atomic E-state index is 10.2. The van der Waals surface area contributed by atoms with E-state index in [1.54, 1.807) is 5.57 Å². The monoisotopic (exact) mass is 410 g/mol. The SMILES string of the molecule is CC(C)CCCC(C)[C@H]1CC[C@H]2[C@@H]3CC=C4C[C@@H](O)CC[C@]4(C)[C@H]3CC[C@]12C.[NaH]. The molecule has 0 radical (unpaired) electrons. The molecule has 0 amide bonds. The van der Waals surface area contributed by atoms with Crippen molar-refractivity contribution in [2.24, 2.45) is 46.3 Å². The number of allylic oxidation sites excluding steroid dienone is 1.